The summed E-state index contributed by atoms with van der Waals surface area (Å²) in [5.41, 5.74) is 3.57. The van der Waals surface area contributed by atoms with Crippen LogP contribution in [-0.2, 0) is 6.42 Å². The van der Waals surface area contributed by atoms with E-state index in [9.17, 15) is 0 Å². The Morgan fingerprint density at radius 2 is 2.00 bits per heavy atom. The van der Waals surface area contributed by atoms with E-state index in [2.05, 4.69) is 52.0 Å². The number of nitrogens with one attached hydrogen (secondary N) is 1. The maximum Gasteiger partial charge on any atom is 0.174 e. The van der Waals surface area contributed by atoms with Gasteiger partial charge in [0.05, 0.1) is 13.2 Å². The van der Waals surface area contributed by atoms with Gasteiger partial charge in [0, 0.05) is 23.2 Å². The minimum Gasteiger partial charge on any atom is -0.497 e. The Kier molecular flexibility index (Phi) is 4.91. The first-order valence-corrected chi connectivity index (χ1v) is 9.88. The number of hydrogen-bond donors (Lipinski definition) is 1. The Labute approximate surface area is 163 Å². The maximum atomic E-state index is 5.79. The van der Waals surface area contributed by atoms with Gasteiger partial charge in [-0.05, 0) is 53.3 Å². The number of thiophene rings is 1. The summed E-state index contributed by atoms with van der Waals surface area (Å²) in [5.74, 6) is 0.816. The summed E-state index contributed by atoms with van der Waals surface area (Å²) in [7, 11) is 1.67. The number of ether oxygens (including phenoxy) is 1. The van der Waals surface area contributed by atoms with Crippen LogP contribution in [0, 0.1) is 0 Å². The number of rotatable bonds is 3. The van der Waals surface area contributed by atoms with Gasteiger partial charge in [-0.15, -0.1) is 11.3 Å². The topological polar surface area (TPSA) is 24.5 Å². The van der Waals surface area contributed by atoms with Gasteiger partial charge in [0.2, 0.25) is 0 Å². The van der Waals surface area contributed by atoms with Crippen molar-refractivity contribution in [1.82, 2.24) is 4.90 Å². The first-order valence-electron chi connectivity index (χ1n) is 8.59. The first kappa shape index (κ1) is 17.1. The highest BCUT2D eigenvalue weighted by Gasteiger charge is 2.31. The van der Waals surface area contributed by atoms with Crippen LogP contribution < -0.4 is 10.1 Å². The number of methoxy groups -OCH3 is 1. The van der Waals surface area contributed by atoms with E-state index in [-0.39, 0.29) is 6.04 Å². The van der Waals surface area contributed by atoms with Crippen LogP contribution in [0.1, 0.15) is 22.0 Å². The number of nitrogens with zero attached hydrogens (tertiary/aromatic N) is 1. The lowest BCUT2D eigenvalue weighted by Crippen LogP contribution is -2.42. The molecule has 1 N–H and O–H groups in total. The second kappa shape index (κ2) is 7.48. The molecule has 1 aromatic heterocycles. The van der Waals surface area contributed by atoms with Gasteiger partial charge in [0.1, 0.15) is 5.75 Å². The molecular formula is C21H20N2OS2. The van der Waals surface area contributed by atoms with Crippen LogP contribution in [0.25, 0.3) is 0 Å². The number of fused-ring (bicyclic) bond motifs is 1. The molecule has 0 saturated heterocycles. The molecular weight excluding hydrogens is 360 g/mol. The van der Waals surface area contributed by atoms with E-state index in [0.29, 0.717) is 0 Å². The molecule has 0 bridgehead atoms. The van der Waals surface area contributed by atoms with E-state index in [4.69, 9.17) is 17.0 Å². The smallest absolute Gasteiger partial charge is 0.174 e. The molecule has 2 heterocycles. The van der Waals surface area contributed by atoms with Gasteiger partial charge in [-0.2, -0.15) is 0 Å². The van der Waals surface area contributed by atoms with E-state index < -0.39 is 0 Å². The number of thiocarbonyl (C=S) groups is 1. The molecule has 0 fully saturated rings. The molecule has 0 spiro atoms. The van der Waals surface area contributed by atoms with Crippen molar-refractivity contribution in [1.29, 1.82) is 0 Å². The molecule has 0 radical (unpaired) electrons. The molecule has 0 unspecified atom stereocenters. The summed E-state index contributed by atoms with van der Waals surface area (Å²) >= 11 is 7.63. The molecule has 26 heavy (non-hydrogen) atoms. The minimum absolute atomic E-state index is 0.150. The van der Waals surface area contributed by atoms with Crippen LogP contribution in [0.3, 0.4) is 0 Å². The fourth-order valence-corrected chi connectivity index (χ4v) is 4.64. The quantitative estimate of drug-likeness (QED) is 0.639. The lowest BCUT2D eigenvalue weighted by Gasteiger charge is -2.38. The second-order valence-corrected chi connectivity index (χ2v) is 7.61. The van der Waals surface area contributed by atoms with Gasteiger partial charge in [0.25, 0.3) is 0 Å². The van der Waals surface area contributed by atoms with E-state index in [1.165, 1.54) is 16.0 Å². The predicted octanol–water partition coefficient (Wildman–Crippen LogP) is 5.10. The van der Waals surface area contributed by atoms with Gasteiger partial charge < -0.3 is 15.0 Å². The molecule has 1 atom stereocenters. The molecule has 1 aliphatic rings. The molecule has 3 aromatic rings. The van der Waals surface area contributed by atoms with E-state index in [1.807, 2.05) is 35.6 Å². The van der Waals surface area contributed by atoms with Crippen LogP contribution in [0.4, 0.5) is 5.69 Å². The van der Waals surface area contributed by atoms with Crippen molar-refractivity contribution < 1.29 is 4.74 Å². The van der Waals surface area contributed by atoms with Crippen LogP contribution in [0.5, 0.6) is 5.75 Å². The average molecular weight is 381 g/mol. The standard InChI is InChI=1S/C21H20N2OS2/c1-24-17-9-5-8-16(14-17)22-21(25)23-12-10-19-18(11-13-26-19)20(23)15-6-3-2-4-7-15/h2-9,11,13-14,20H,10,12H2,1H3,(H,22,25)/t20-/m0/s1. The van der Waals surface area contributed by atoms with Gasteiger partial charge in [-0.25, -0.2) is 0 Å². The highest BCUT2D eigenvalue weighted by atomic mass is 32.1. The zero-order valence-corrected chi connectivity index (χ0v) is 16.1. The lowest BCUT2D eigenvalue weighted by atomic mass is 9.94. The summed E-state index contributed by atoms with van der Waals surface area (Å²) in [4.78, 5) is 3.75. The average Bonchev–Trinajstić information content (AvgIpc) is 3.16. The van der Waals surface area contributed by atoms with Crippen LogP contribution in [0.15, 0.2) is 66.0 Å². The predicted molar refractivity (Wildman–Crippen MR) is 112 cm³/mol. The van der Waals surface area contributed by atoms with Crippen molar-refractivity contribution in [3.63, 3.8) is 0 Å². The summed E-state index contributed by atoms with van der Waals surface area (Å²) in [6.45, 7) is 0.906. The highest BCUT2D eigenvalue weighted by molar-refractivity contribution is 7.80. The molecule has 0 amide bonds. The Morgan fingerprint density at radius 1 is 1.15 bits per heavy atom. The van der Waals surface area contributed by atoms with Crippen molar-refractivity contribution in [2.24, 2.45) is 0 Å². The molecule has 0 saturated carbocycles. The summed E-state index contributed by atoms with van der Waals surface area (Å²) < 4.78 is 5.31. The molecule has 4 rings (SSSR count). The van der Waals surface area contributed by atoms with Gasteiger partial charge in [-0.1, -0.05) is 36.4 Å². The van der Waals surface area contributed by atoms with E-state index in [0.717, 1.165) is 29.5 Å². The van der Waals surface area contributed by atoms with Crippen LogP contribution in [0.2, 0.25) is 0 Å². The number of benzene rings is 2. The molecule has 0 aliphatic carbocycles. The summed E-state index contributed by atoms with van der Waals surface area (Å²) in [6.07, 6.45) is 1.02. The molecule has 5 heteroatoms. The largest absolute Gasteiger partial charge is 0.497 e. The maximum absolute atomic E-state index is 5.79. The SMILES string of the molecule is COc1cccc(NC(=S)N2CCc3sccc3[C@@H]2c2ccccc2)c1. The van der Waals surface area contributed by atoms with Crippen molar-refractivity contribution in [2.75, 3.05) is 19.0 Å². The van der Waals surface area contributed by atoms with Gasteiger partial charge in [-0.3, -0.25) is 0 Å². The van der Waals surface area contributed by atoms with E-state index in [1.54, 1.807) is 7.11 Å². The lowest BCUT2D eigenvalue weighted by molar-refractivity contribution is 0.346. The molecule has 2 aromatic carbocycles. The third-order valence-corrected chi connectivity index (χ3v) is 6.00. The Bertz CT molecular complexity index is 907. The van der Waals surface area contributed by atoms with Gasteiger partial charge in [0.15, 0.2) is 5.11 Å². The fraction of sp³-hybridized carbons (Fsp3) is 0.190. The molecule has 1 aliphatic heterocycles. The second-order valence-electron chi connectivity index (χ2n) is 6.22. The number of anilines is 1. The first-order chi connectivity index (χ1) is 12.8. The zero-order valence-electron chi connectivity index (χ0n) is 14.5. The van der Waals surface area contributed by atoms with Crippen LogP contribution >= 0.6 is 23.6 Å². The van der Waals surface area contributed by atoms with Crippen molar-refractivity contribution in [2.45, 2.75) is 12.5 Å². The third kappa shape index (κ3) is 3.32. The fourth-order valence-electron chi connectivity index (χ4n) is 3.43. The van der Waals surface area contributed by atoms with Crippen molar-refractivity contribution >= 4 is 34.4 Å². The van der Waals surface area contributed by atoms with E-state index >= 15 is 0 Å². The zero-order chi connectivity index (χ0) is 17.9. The Balaban J connectivity index is 1.64. The third-order valence-electron chi connectivity index (χ3n) is 4.66. The Hall–Kier alpha value is -2.37. The van der Waals surface area contributed by atoms with Crippen molar-refractivity contribution in [3.05, 3.63) is 82.0 Å². The molecule has 132 valence electrons. The summed E-state index contributed by atoms with van der Waals surface area (Å²) in [5, 5.41) is 6.31. The Morgan fingerprint density at radius 3 is 2.81 bits per heavy atom. The summed E-state index contributed by atoms with van der Waals surface area (Å²) in [6, 6.07) is 20.8. The van der Waals surface area contributed by atoms with Crippen molar-refractivity contribution in [3.8, 4) is 5.75 Å². The monoisotopic (exact) mass is 380 g/mol. The van der Waals surface area contributed by atoms with Gasteiger partial charge >= 0.3 is 0 Å². The minimum atomic E-state index is 0.150. The van der Waals surface area contributed by atoms with Crippen LogP contribution in [-0.4, -0.2) is 23.7 Å². The molecule has 3 nitrogen and oxygen atoms in total. The highest BCUT2D eigenvalue weighted by Crippen LogP contribution is 2.38. The number of hydrogen-bond acceptors (Lipinski definition) is 3. The normalized spacial score (nSPS) is 16.0.